The van der Waals surface area contributed by atoms with Crippen LogP contribution in [0.3, 0.4) is 0 Å². The van der Waals surface area contributed by atoms with Gasteiger partial charge in [-0.1, -0.05) is 6.07 Å². The molecule has 0 aromatic heterocycles. The highest BCUT2D eigenvalue weighted by molar-refractivity contribution is 7.90. The number of nitrogens with two attached hydrogens (primary N) is 1. The Bertz CT molecular complexity index is 596. The van der Waals surface area contributed by atoms with Crippen molar-refractivity contribution in [3.63, 3.8) is 0 Å². The van der Waals surface area contributed by atoms with E-state index in [0.29, 0.717) is 5.56 Å². The molecule has 8 nitrogen and oxygen atoms in total. The fourth-order valence-corrected chi connectivity index (χ4v) is 2.22. The zero-order valence-corrected chi connectivity index (χ0v) is 10.2. The van der Waals surface area contributed by atoms with Crippen molar-refractivity contribution in [2.24, 2.45) is 5.73 Å². The van der Waals surface area contributed by atoms with Crippen LogP contribution in [-0.2, 0) is 14.8 Å². The van der Waals surface area contributed by atoms with E-state index in [4.69, 9.17) is 5.73 Å². The van der Waals surface area contributed by atoms with E-state index in [1.807, 2.05) is 0 Å². The summed E-state index contributed by atoms with van der Waals surface area (Å²) in [5.41, 5.74) is 4.96. The van der Waals surface area contributed by atoms with Crippen LogP contribution in [0.25, 0.3) is 0 Å². The van der Waals surface area contributed by atoms with Crippen molar-refractivity contribution >= 4 is 21.6 Å². The monoisotopic (exact) mass is 273 g/mol. The molecule has 0 saturated heterocycles. The second kappa shape index (κ2) is 5.10. The van der Waals surface area contributed by atoms with Crippen molar-refractivity contribution < 1.29 is 18.1 Å². The fourth-order valence-electron chi connectivity index (χ4n) is 1.20. The molecule has 0 atom stereocenters. The number of hydrogen-bond acceptors (Lipinski definition) is 6. The Hall–Kier alpha value is -2.00. The molecule has 0 heterocycles. The number of hydrogen-bond donors (Lipinski definition) is 2. The number of nitro groups is 1. The van der Waals surface area contributed by atoms with Crippen molar-refractivity contribution in [1.29, 1.82) is 0 Å². The van der Waals surface area contributed by atoms with E-state index in [1.165, 1.54) is 19.1 Å². The van der Waals surface area contributed by atoms with E-state index in [9.17, 15) is 23.3 Å². The predicted molar refractivity (Wildman–Crippen MR) is 62.2 cm³/mol. The van der Waals surface area contributed by atoms with Crippen LogP contribution in [0.5, 0.6) is 0 Å². The van der Waals surface area contributed by atoms with Crippen molar-refractivity contribution in [1.82, 2.24) is 4.72 Å². The maximum Gasteiger partial charge on any atom is 0.273 e. The lowest BCUT2D eigenvalue weighted by molar-refractivity contribution is -0.385. The van der Waals surface area contributed by atoms with E-state index in [-0.39, 0.29) is 10.6 Å². The molecule has 18 heavy (non-hydrogen) atoms. The summed E-state index contributed by atoms with van der Waals surface area (Å²) in [5.74, 6) is -0.891. The Morgan fingerprint density at radius 2 is 2.11 bits per heavy atom. The number of sulfonamides is 1. The van der Waals surface area contributed by atoms with Gasteiger partial charge in [0.2, 0.25) is 5.91 Å². The number of rotatable bonds is 4. The molecule has 0 radical (unpaired) electrons. The highest BCUT2D eigenvalue weighted by Gasteiger charge is 2.21. The minimum absolute atomic E-state index is 0.323. The maximum absolute atomic E-state index is 11.7. The van der Waals surface area contributed by atoms with Crippen LogP contribution in [0.15, 0.2) is 23.1 Å². The van der Waals surface area contributed by atoms with E-state index in [1.54, 1.807) is 4.72 Å². The lowest BCUT2D eigenvalue weighted by Crippen LogP contribution is -2.35. The second-order valence-corrected chi connectivity index (χ2v) is 5.12. The molecule has 0 unspecified atom stereocenters. The molecule has 1 amide bonds. The summed E-state index contributed by atoms with van der Waals surface area (Å²) in [5, 5.41) is 10.7. The van der Waals surface area contributed by atoms with E-state index >= 15 is 0 Å². The number of nitrogens with zero attached hydrogens (tertiary/aromatic N) is 1. The Balaban J connectivity index is 3.22. The third-order valence-corrected chi connectivity index (χ3v) is 3.49. The fraction of sp³-hybridized carbons (Fsp3) is 0.222. The third-order valence-electron chi connectivity index (χ3n) is 2.12. The van der Waals surface area contributed by atoms with Gasteiger partial charge in [0.05, 0.1) is 16.4 Å². The normalized spacial score (nSPS) is 11.0. The van der Waals surface area contributed by atoms with Gasteiger partial charge in [-0.25, -0.2) is 13.1 Å². The SMILES string of the molecule is Cc1ccc(S(=O)(=O)NC(=O)CN)cc1[N+](=O)[O-]. The smallest absolute Gasteiger partial charge is 0.273 e. The summed E-state index contributed by atoms with van der Waals surface area (Å²) < 4.78 is 25.0. The number of carbonyl (C=O) groups is 1. The highest BCUT2D eigenvalue weighted by atomic mass is 32.2. The third kappa shape index (κ3) is 3.02. The Labute approximate surface area is 103 Å². The number of carbonyl (C=O) groups excluding carboxylic acids is 1. The van der Waals surface area contributed by atoms with Gasteiger partial charge in [0.1, 0.15) is 0 Å². The number of nitrogens with one attached hydrogen (secondary N) is 1. The number of benzene rings is 1. The molecule has 3 N–H and O–H groups in total. The van der Waals surface area contributed by atoms with Gasteiger partial charge in [0.25, 0.3) is 15.7 Å². The summed E-state index contributed by atoms with van der Waals surface area (Å²) in [7, 11) is -4.13. The molecule has 1 aromatic carbocycles. The summed E-state index contributed by atoms with van der Waals surface area (Å²) in [6.45, 7) is 0.986. The zero-order chi connectivity index (χ0) is 13.9. The van der Waals surface area contributed by atoms with Gasteiger partial charge in [-0.05, 0) is 13.0 Å². The maximum atomic E-state index is 11.7. The van der Waals surface area contributed by atoms with Gasteiger partial charge in [-0.15, -0.1) is 0 Å². The van der Waals surface area contributed by atoms with Gasteiger partial charge >= 0.3 is 0 Å². The molecule has 98 valence electrons. The van der Waals surface area contributed by atoms with Gasteiger partial charge in [0, 0.05) is 11.6 Å². The molecule has 1 aromatic rings. The standard InChI is InChI=1S/C9H11N3O5S/c1-6-2-3-7(4-8(6)12(14)15)18(16,17)11-9(13)5-10/h2-4H,5,10H2,1H3,(H,11,13). The topological polar surface area (TPSA) is 132 Å². The number of aryl methyl sites for hydroxylation is 1. The van der Waals surface area contributed by atoms with Gasteiger partial charge in [-0.3, -0.25) is 14.9 Å². The molecule has 9 heteroatoms. The summed E-state index contributed by atoms with van der Waals surface area (Å²) in [6, 6.07) is 3.36. The quantitative estimate of drug-likeness (QED) is 0.570. The van der Waals surface area contributed by atoms with Gasteiger partial charge < -0.3 is 5.73 Å². The van der Waals surface area contributed by atoms with Crippen LogP contribution in [0.4, 0.5) is 5.69 Å². The zero-order valence-electron chi connectivity index (χ0n) is 9.41. The lowest BCUT2D eigenvalue weighted by atomic mass is 10.2. The molecular weight excluding hydrogens is 262 g/mol. The van der Waals surface area contributed by atoms with Crippen LogP contribution in [0.2, 0.25) is 0 Å². The largest absolute Gasteiger partial charge is 0.322 e. The Kier molecular flexibility index (Phi) is 3.99. The first kappa shape index (κ1) is 14.1. The average molecular weight is 273 g/mol. The molecule has 0 aliphatic heterocycles. The van der Waals surface area contributed by atoms with E-state index in [0.717, 1.165) is 6.07 Å². The van der Waals surface area contributed by atoms with E-state index < -0.39 is 27.4 Å². The first-order valence-corrected chi connectivity index (χ1v) is 6.27. The highest BCUT2D eigenvalue weighted by Crippen LogP contribution is 2.21. The van der Waals surface area contributed by atoms with Crippen LogP contribution in [-0.4, -0.2) is 25.8 Å². The summed E-state index contributed by atoms with van der Waals surface area (Å²) in [6.07, 6.45) is 0. The average Bonchev–Trinajstić information content (AvgIpc) is 2.28. The van der Waals surface area contributed by atoms with Crippen LogP contribution >= 0.6 is 0 Å². The first-order chi connectivity index (χ1) is 8.27. The number of amides is 1. The summed E-state index contributed by atoms with van der Waals surface area (Å²) in [4.78, 5) is 20.6. The minimum Gasteiger partial charge on any atom is -0.322 e. The van der Waals surface area contributed by atoms with Crippen LogP contribution in [0, 0.1) is 17.0 Å². The Morgan fingerprint density at radius 1 is 1.50 bits per heavy atom. The van der Waals surface area contributed by atoms with Crippen molar-refractivity contribution in [2.75, 3.05) is 6.54 Å². The van der Waals surface area contributed by atoms with Crippen molar-refractivity contribution in [2.45, 2.75) is 11.8 Å². The Morgan fingerprint density at radius 3 is 2.61 bits per heavy atom. The van der Waals surface area contributed by atoms with Gasteiger partial charge in [-0.2, -0.15) is 0 Å². The number of nitro benzene ring substituents is 1. The first-order valence-electron chi connectivity index (χ1n) is 4.78. The minimum atomic E-state index is -4.13. The predicted octanol–water partition coefficient (Wildman–Crippen LogP) is -0.333. The molecule has 0 spiro atoms. The van der Waals surface area contributed by atoms with Crippen molar-refractivity contribution in [3.05, 3.63) is 33.9 Å². The van der Waals surface area contributed by atoms with Gasteiger partial charge in [0.15, 0.2) is 0 Å². The van der Waals surface area contributed by atoms with Crippen LogP contribution in [0.1, 0.15) is 5.56 Å². The van der Waals surface area contributed by atoms with Crippen molar-refractivity contribution in [3.8, 4) is 0 Å². The second-order valence-electron chi connectivity index (χ2n) is 3.44. The molecule has 0 saturated carbocycles. The lowest BCUT2D eigenvalue weighted by Gasteiger charge is -2.06. The molecule has 0 aliphatic carbocycles. The van der Waals surface area contributed by atoms with E-state index in [2.05, 4.69) is 0 Å². The molecular formula is C9H11N3O5S. The van der Waals surface area contributed by atoms with Crippen LogP contribution < -0.4 is 10.5 Å². The molecule has 0 bridgehead atoms. The molecule has 1 rings (SSSR count). The summed E-state index contributed by atoms with van der Waals surface area (Å²) >= 11 is 0. The molecule has 0 aliphatic rings. The molecule has 0 fully saturated rings.